The van der Waals surface area contributed by atoms with Crippen molar-refractivity contribution in [2.75, 3.05) is 11.1 Å². The second-order valence-electron chi connectivity index (χ2n) is 5.08. The number of nitro groups is 1. The van der Waals surface area contributed by atoms with E-state index < -0.39 is 10.8 Å². The van der Waals surface area contributed by atoms with Crippen molar-refractivity contribution >= 4 is 52.2 Å². The van der Waals surface area contributed by atoms with E-state index in [-0.39, 0.29) is 17.1 Å². The number of hydrogen-bond acceptors (Lipinski definition) is 7. The number of carbonyl (C=O) groups is 1. The number of nitrogens with zero attached hydrogens (tertiary/aromatic N) is 5. The molecule has 1 heterocycles. The van der Waals surface area contributed by atoms with Crippen LogP contribution in [0.25, 0.3) is 5.69 Å². The van der Waals surface area contributed by atoms with E-state index in [4.69, 9.17) is 23.2 Å². The summed E-state index contributed by atoms with van der Waals surface area (Å²) in [7, 11) is 0. The normalized spacial score (nSPS) is 10.6. The molecule has 1 amide bonds. The van der Waals surface area contributed by atoms with Crippen molar-refractivity contribution in [3.05, 3.63) is 62.6 Å². The van der Waals surface area contributed by atoms with Crippen molar-refractivity contribution in [1.82, 2.24) is 20.2 Å². The lowest BCUT2D eigenvalue weighted by Crippen LogP contribution is -2.15. The molecule has 0 aliphatic carbocycles. The van der Waals surface area contributed by atoms with Crippen LogP contribution in [-0.2, 0) is 4.79 Å². The third kappa shape index (κ3) is 4.54. The molecule has 0 saturated heterocycles. The van der Waals surface area contributed by atoms with Crippen LogP contribution in [-0.4, -0.2) is 36.8 Å². The topological polar surface area (TPSA) is 116 Å². The minimum Gasteiger partial charge on any atom is -0.320 e. The van der Waals surface area contributed by atoms with Crippen LogP contribution in [0.3, 0.4) is 0 Å². The van der Waals surface area contributed by atoms with Gasteiger partial charge in [-0.25, -0.2) is 0 Å². The molecular formula is C15H10Cl2N6O3S. The number of tetrazole rings is 1. The predicted octanol–water partition coefficient (Wildman–Crippen LogP) is 3.61. The van der Waals surface area contributed by atoms with E-state index in [1.807, 2.05) is 0 Å². The minimum absolute atomic E-state index is 0.0649. The molecule has 3 aromatic rings. The van der Waals surface area contributed by atoms with Gasteiger partial charge >= 0.3 is 0 Å². The first-order chi connectivity index (χ1) is 13.0. The Morgan fingerprint density at radius 1 is 1.26 bits per heavy atom. The highest BCUT2D eigenvalue weighted by Crippen LogP contribution is 2.27. The van der Waals surface area contributed by atoms with Crippen molar-refractivity contribution in [2.45, 2.75) is 5.16 Å². The molecule has 1 N–H and O–H groups in total. The zero-order chi connectivity index (χ0) is 19.4. The molecule has 2 aromatic carbocycles. The summed E-state index contributed by atoms with van der Waals surface area (Å²) >= 11 is 13.2. The molecular weight excluding hydrogens is 415 g/mol. The SMILES string of the molecule is O=C(CSc1nnnn1-c1cc(Cl)ccc1Cl)Nc1ccccc1[N+](=O)[O-]. The first kappa shape index (κ1) is 19.1. The molecule has 138 valence electrons. The fourth-order valence-corrected chi connectivity index (χ4v) is 3.17. The van der Waals surface area contributed by atoms with Crippen molar-refractivity contribution < 1.29 is 9.72 Å². The number of amides is 1. The maximum atomic E-state index is 12.2. The van der Waals surface area contributed by atoms with Gasteiger partial charge in [-0.05, 0) is 34.7 Å². The second kappa shape index (κ2) is 8.33. The van der Waals surface area contributed by atoms with Crippen LogP contribution in [0.1, 0.15) is 0 Å². The molecule has 0 saturated carbocycles. The maximum absolute atomic E-state index is 12.2. The molecule has 0 atom stereocenters. The molecule has 0 radical (unpaired) electrons. The average Bonchev–Trinajstić information content (AvgIpc) is 3.10. The molecule has 1 aromatic heterocycles. The smallest absolute Gasteiger partial charge is 0.292 e. The molecule has 0 aliphatic rings. The third-order valence-corrected chi connectivity index (χ3v) is 4.76. The molecule has 27 heavy (non-hydrogen) atoms. The molecule has 0 spiro atoms. The standard InChI is InChI=1S/C15H10Cl2N6O3S/c16-9-5-6-10(17)13(7-9)22-15(19-20-21-22)27-8-14(24)18-11-3-1-2-4-12(11)23(25)26/h1-7H,8H2,(H,18,24). The van der Waals surface area contributed by atoms with E-state index >= 15 is 0 Å². The van der Waals surface area contributed by atoms with E-state index in [1.54, 1.807) is 24.3 Å². The summed E-state index contributed by atoms with van der Waals surface area (Å²) in [6.07, 6.45) is 0. The first-order valence-electron chi connectivity index (χ1n) is 7.35. The summed E-state index contributed by atoms with van der Waals surface area (Å²) in [5.41, 5.74) is 0.396. The number of hydrogen-bond donors (Lipinski definition) is 1. The first-order valence-corrected chi connectivity index (χ1v) is 9.09. The van der Waals surface area contributed by atoms with Crippen LogP contribution in [0.15, 0.2) is 47.6 Å². The maximum Gasteiger partial charge on any atom is 0.292 e. The van der Waals surface area contributed by atoms with Gasteiger partial charge in [0.2, 0.25) is 11.1 Å². The largest absolute Gasteiger partial charge is 0.320 e. The molecule has 0 bridgehead atoms. The number of nitro benzene ring substituents is 1. The van der Waals surface area contributed by atoms with Crippen LogP contribution in [0.2, 0.25) is 10.0 Å². The summed E-state index contributed by atoms with van der Waals surface area (Å²) in [5, 5.41) is 26.0. The van der Waals surface area contributed by atoms with E-state index in [1.165, 1.54) is 22.9 Å². The van der Waals surface area contributed by atoms with Crippen molar-refractivity contribution in [3.8, 4) is 5.69 Å². The second-order valence-corrected chi connectivity index (χ2v) is 6.87. The number of para-hydroxylation sites is 2. The lowest BCUT2D eigenvalue weighted by molar-refractivity contribution is -0.383. The van der Waals surface area contributed by atoms with E-state index in [9.17, 15) is 14.9 Å². The Bertz CT molecular complexity index is 1010. The summed E-state index contributed by atoms with van der Waals surface area (Å²) in [4.78, 5) is 22.6. The minimum atomic E-state index is -0.565. The van der Waals surface area contributed by atoms with Gasteiger partial charge in [-0.2, -0.15) is 4.68 Å². The molecule has 9 nitrogen and oxygen atoms in total. The van der Waals surface area contributed by atoms with Gasteiger partial charge in [0, 0.05) is 11.1 Å². The number of carbonyl (C=O) groups excluding carboxylic acids is 1. The monoisotopic (exact) mass is 424 g/mol. The van der Waals surface area contributed by atoms with Gasteiger partial charge in [-0.3, -0.25) is 14.9 Å². The summed E-state index contributed by atoms with van der Waals surface area (Å²) < 4.78 is 1.36. The van der Waals surface area contributed by atoms with Gasteiger partial charge in [-0.1, -0.05) is 47.1 Å². The number of benzene rings is 2. The van der Waals surface area contributed by atoms with Gasteiger partial charge in [-0.15, -0.1) is 5.10 Å². The zero-order valence-electron chi connectivity index (χ0n) is 13.4. The number of thioether (sulfide) groups is 1. The quantitative estimate of drug-likeness (QED) is 0.364. The van der Waals surface area contributed by atoms with Gasteiger partial charge in [0.15, 0.2) is 0 Å². The summed E-state index contributed by atoms with van der Waals surface area (Å²) in [6.45, 7) is 0. The van der Waals surface area contributed by atoms with Gasteiger partial charge in [0.05, 0.1) is 21.4 Å². The fourth-order valence-electron chi connectivity index (χ4n) is 2.12. The summed E-state index contributed by atoms with van der Waals surface area (Å²) in [5.74, 6) is -0.508. The van der Waals surface area contributed by atoms with Crippen LogP contribution in [0, 0.1) is 10.1 Å². The van der Waals surface area contributed by atoms with Crippen molar-refractivity contribution in [1.29, 1.82) is 0 Å². The highest BCUT2D eigenvalue weighted by molar-refractivity contribution is 7.99. The van der Waals surface area contributed by atoms with E-state index in [0.717, 1.165) is 11.8 Å². The highest BCUT2D eigenvalue weighted by Gasteiger charge is 2.17. The number of nitrogens with one attached hydrogen (secondary N) is 1. The average molecular weight is 425 g/mol. The highest BCUT2D eigenvalue weighted by atomic mass is 35.5. The van der Waals surface area contributed by atoms with Crippen LogP contribution < -0.4 is 5.32 Å². The van der Waals surface area contributed by atoms with Crippen LogP contribution in [0.5, 0.6) is 0 Å². The Hall–Kier alpha value is -2.69. The molecule has 0 unspecified atom stereocenters. The van der Waals surface area contributed by atoms with Gasteiger partial charge < -0.3 is 5.32 Å². The molecule has 0 fully saturated rings. The number of anilines is 1. The predicted molar refractivity (Wildman–Crippen MR) is 102 cm³/mol. The number of rotatable bonds is 6. The van der Waals surface area contributed by atoms with Crippen molar-refractivity contribution in [3.63, 3.8) is 0 Å². The Balaban J connectivity index is 1.72. The van der Waals surface area contributed by atoms with E-state index in [0.29, 0.717) is 20.9 Å². The van der Waals surface area contributed by atoms with Crippen LogP contribution in [0.4, 0.5) is 11.4 Å². The zero-order valence-corrected chi connectivity index (χ0v) is 15.7. The molecule has 12 heteroatoms. The Kier molecular flexibility index (Phi) is 5.89. The number of aromatic nitrogens is 4. The summed E-state index contributed by atoms with van der Waals surface area (Å²) in [6, 6.07) is 10.7. The van der Waals surface area contributed by atoms with E-state index in [2.05, 4.69) is 20.8 Å². The van der Waals surface area contributed by atoms with Gasteiger partial charge in [0.1, 0.15) is 5.69 Å². The fraction of sp³-hybridized carbons (Fsp3) is 0.0667. The Morgan fingerprint density at radius 3 is 2.81 bits per heavy atom. The molecule has 0 aliphatic heterocycles. The van der Waals surface area contributed by atoms with Crippen LogP contribution >= 0.6 is 35.0 Å². The number of halogens is 2. The Labute approximate surface area is 166 Å². The molecule has 3 rings (SSSR count). The lowest BCUT2D eigenvalue weighted by atomic mass is 10.2. The van der Waals surface area contributed by atoms with Gasteiger partial charge in [0.25, 0.3) is 5.69 Å². The Morgan fingerprint density at radius 2 is 2.04 bits per heavy atom. The van der Waals surface area contributed by atoms with Crippen molar-refractivity contribution in [2.24, 2.45) is 0 Å². The lowest BCUT2D eigenvalue weighted by Gasteiger charge is -2.07. The third-order valence-electron chi connectivity index (χ3n) is 3.28.